The highest BCUT2D eigenvalue weighted by Gasteiger charge is 2.26. The van der Waals surface area contributed by atoms with E-state index in [2.05, 4.69) is 10.3 Å². The number of hydrogen-bond acceptors (Lipinski definition) is 6. The molecule has 3 heterocycles. The maximum atomic E-state index is 13.1. The van der Waals surface area contributed by atoms with Gasteiger partial charge in [0.05, 0.1) is 12.8 Å². The lowest BCUT2D eigenvalue weighted by Gasteiger charge is -2.14. The van der Waals surface area contributed by atoms with Crippen molar-refractivity contribution in [2.24, 2.45) is 0 Å². The Morgan fingerprint density at radius 1 is 1.12 bits per heavy atom. The highest BCUT2D eigenvalue weighted by atomic mass is 32.1. The van der Waals surface area contributed by atoms with Crippen LogP contribution in [-0.4, -0.2) is 34.6 Å². The molecule has 0 saturated heterocycles. The van der Waals surface area contributed by atoms with E-state index in [1.54, 1.807) is 38.3 Å². The largest absolute Gasteiger partial charge is 0.497 e. The minimum Gasteiger partial charge on any atom is -0.497 e. The van der Waals surface area contributed by atoms with Crippen molar-refractivity contribution in [3.8, 4) is 11.4 Å². The smallest absolute Gasteiger partial charge is 0.351 e. The zero-order valence-corrected chi connectivity index (χ0v) is 19.0. The van der Waals surface area contributed by atoms with Crippen molar-refractivity contribution in [2.45, 2.75) is 26.9 Å². The minimum atomic E-state index is -0.983. The maximum absolute atomic E-state index is 13.1. The molecule has 3 aromatic heterocycles. The molecule has 0 aliphatic heterocycles. The molecule has 0 bridgehead atoms. The first-order chi connectivity index (χ1) is 15.4. The third-order valence-electron chi connectivity index (χ3n) is 5.02. The second kappa shape index (κ2) is 8.84. The molecule has 7 nitrogen and oxygen atoms in total. The van der Waals surface area contributed by atoms with E-state index in [1.807, 2.05) is 49.0 Å². The van der Waals surface area contributed by atoms with Crippen LogP contribution in [0.2, 0.25) is 0 Å². The molecule has 0 aliphatic carbocycles. The molecule has 32 heavy (non-hydrogen) atoms. The van der Waals surface area contributed by atoms with Crippen molar-refractivity contribution in [3.63, 3.8) is 0 Å². The van der Waals surface area contributed by atoms with Crippen molar-refractivity contribution in [2.75, 3.05) is 12.4 Å². The van der Waals surface area contributed by atoms with Gasteiger partial charge in [-0.3, -0.25) is 4.79 Å². The summed E-state index contributed by atoms with van der Waals surface area (Å²) in [6, 6.07) is 12.7. The topological polar surface area (TPSA) is 82.4 Å². The van der Waals surface area contributed by atoms with Crippen LogP contribution < -0.4 is 10.1 Å². The van der Waals surface area contributed by atoms with Gasteiger partial charge in [-0.2, -0.15) is 0 Å². The third-order valence-corrected chi connectivity index (χ3v) is 6.07. The van der Waals surface area contributed by atoms with Gasteiger partial charge in [-0.05, 0) is 68.8 Å². The van der Waals surface area contributed by atoms with Gasteiger partial charge in [-0.15, -0.1) is 11.3 Å². The predicted octanol–water partition coefficient (Wildman–Crippen LogP) is 4.90. The molecule has 1 atom stereocenters. The molecule has 4 rings (SSSR count). The number of carbonyl (C=O) groups excluding carboxylic acids is 2. The summed E-state index contributed by atoms with van der Waals surface area (Å²) in [6.07, 6.45) is 2.76. The monoisotopic (exact) mass is 449 g/mol. The van der Waals surface area contributed by atoms with E-state index in [4.69, 9.17) is 9.47 Å². The first-order valence-electron chi connectivity index (χ1n) is 10.1. The fourth-order valence-corrected chi connectivity index (χ4v) is 4.66. The van der Waals surface area contributed by atoms with Crippen LogP contribution in [0.25, 0.3) is 15.9 Å². The number of esters is 1. The van der Waals surface area contributed by atoms with Gasteiger partial charge in [0.1, 0.15) is 15.5 Å². The van der Waals surface area contributed by atoms with Crippen molar-refractivity contribution >= 4 is 39.1 Å². The first-order valence-corrected chi connectivity index (χ1v) is 10.9. The van der Waals surface area contributed by atoms with Gasteiger partial charge in [0.25, 0.3) is 5.91 Å². The van der Waals surface area contributed by atoms with Gasteiger partial charge in [-0.1, -0.05) is 0 Å². The van der Waals surface area contributed by atoms with Crippen molar-refractivity contribution in [3.05, 3.63) is 71.0 Å². The van der Waals surface area contributed by atoms with Crippen molar-refractivity contribution in [1.82, 2.24) is 9.55 Å². The number of thiophene rings is 1. The van der Waals surface area contributed by atoms with Gasteiger partial charge in [0.2, 0.25) is 0 Å². The van der Waals surface area contributed by atoms with Crippen LogP contribution in [0.4, 0.5) is 5.69 Å². The van der Waals surface area contributed by atoms with Crippen LogP contribution in [-0.2, 0) is 9.53 Å². The Labute approximate surface area is 189 Å². The number of aryl methyl sites for hydroxylation is 2. The van der Waals surface area contributed by atoms with Crippen LogP contribution in [0.3, 0.4) is 0 Å². The van der Waals surface area contributed by atoms with E-state index in [0.29, 0.717) is 22.0 Å². The molecule has 0 aliphatic rings. The van der Waals surface area contributed by atoms with Gasteiger partial charge in [0.15, 0.2) is 6.10 Å². The number of amides is 1. The molecule has 0 spiro atoms. The number of hydrogen-bond donors (Lipinski definition) is 1. The molecule has 1 unspecified atom stereocenters. The van der Waals surface area contributed by atoms with Crippen LogP contribution >= 0.6 is 11.3 Å². The summed E-state index contributed by atoms with van der Waals surface area (Å²) in [5.74, 6) is -0.299. The maximum Gasteiger partial charge on any atom is 0.351 e. The number of nitrogens with zero attached hydrogens (tertiary/aromatic N) is 2. The van der Waals surface area contributed by atoms with Gasteiger partial charge in [-0.25, -0.2) is 9.78 Å². The van der Waals surface area contributed by atoms with Crippen LogP contribution in [0.5, 0.6) is 5.75 Å². The zero-order chi connectivity index (χ0) is 22.8. The Hall–Kier alpha value is -3.65. The molecule has 8 heteroatoms. The van der Waals surface area contributed by atoms with E-state index in [1.165, 1.54) is 11.3 Å². The van der Waals surface area contributed by atoms with E-state index in [0.717, 1.165) is 21.5 Å². The summed E-state index contributed by atoms with van der Waals surface area (Å²) in [5, 5.41) is 3.65. The quantitative estimate of drug-likeness (QED) is 0.424. The number of nitrogens with one attached hydrogen (secondary N) is 1. The fraction of sp³-hybridized carbons (Fsp3) is 0.208. The lowest BCUT2D eigenvalue weighted by atomic mass is 10.1. The number of rotatable bonds is 6. The number of fused-ring (bicyclic) bond motifs is 1. The van der Waals surface area contributed by atoms with Gasteiger partial charge in [0, 0.05) is 29.2 Å². The van der Waals surface area contributed by atoms with Gasteiger partial charge < -0.3 is 19.4 Å². The van der Waals surface area contributed by atoms with Crippen LogP contribution in [0.15, 0.2) is 54.9 Å². The Morgan fingerprint density at radius 2 is 1.81 bits per heavy atom. The molecule has 4 aromatic rings. The number of benzene rings is 1. The number of carbonyl (C=O) groups is 2. The summed E-state index contributed by atoms with van der Waals surface area (Å²) < 4.78 is 12.5. The molecule has 0 saturated carbocycles. The lowest BCUT2D eigenvalue weighted by Crippen LogP contribution is -2.30. The standard InChI is InChI=1S/C24H23N3O4S/c1-14-13-15(2)25-23-19(14)20(27-11-5-6-12-27)21(32-23)24(29)31-16(3)22(28)26-17-7-9-18(30-4)10-8-17/h5-13,16H,1-4H3,(H,26,28). The Morgan fingerprint density at radius 3 is 2.47 bits per heavy atom. The second-order valence-electron chi connectivity index (χ2n) is 7.40. The predicted molar refractivity (Wildman–Crippen MR) is 125 cm³/mol. The lowest BCUT2D eigenvalue weighted by molar-refractivity contribution is -0.123. The first kappa shape index (κ1) is 21.6. The average Bonchev–Trinajstić information content (AvgIpc) is 3.41. The summed E-state index contributed by atoms with van der Waals surface area (Å²) in [4.78, 5) is 31.5. The zero-order valence-electron chi connectivity index (χ0n) is 18.2. The number of methoxy groups -OCH3 is 1. The van der Waals surface area contributed by atoms with E-state index < -0.39 is 18.0 Å². The molecule has 1 aromatic carbocycles. The molecular weight excluding hydrogens is 426 g/mol. The van der Waals surface area contributed by atoms with E-state index in [9.17, 15) is 9.59 Å². The summed E-state index contributed by atoms with van der Waals surface area (Å²) in [7, 11) is 1.57. The summed E-state index contributed by atoms with van der Waals surface area (Å²) in [6.45, 7) is 5.47. The number of aromatic nitrogens is 2. The number of anilines is 1. The fourth-order valence-electron chi connectivity index (χ4n) is 3.48. The molecule has 1 amide bonds. The number of ether oxygens (including phenoxy) is 2. The summed E-state index contributed by atoms with van der Waals surface area (Å²) >= 11 is 1.27. The Kier molecular flexibility index (Phi) is 5.96. The average molecular weight is 450 g/mol. The van der Waals surface area contributed by atoms with E-state index in [-0.39, 0.29) is 0 Å². The van der Waals surface area contributed by atoms with Crippen LogP contribution in [0.1, 0.15) is 27.9 Å². The molecule has 1 N–H and O–H groups in total. The van der Waals surface area contributed by atoms with Crippen molar-refractivity contribution < 1.29 is 19.1 Å². The number of pyridine rings is 1. The Bertz CT molecular complexity index is 1280. The van der Waals surface area contributed by atoms with Crippen molar-refractivity contribution in [1.29, 1.82) is 0 Å². The highest BCUT2D eigenvalue weighted by molar-refractivity contribution is 7.21. The summed E-state index contributed by atoms with van der Waals surface area (Å²) in [5.41, 5.74) is 3.20. The van der Waals surface area contributed by atoms with Crippen LogP contribution in [0, 0.1) is 13.8 Å². The SMILES string of the molecule is COc1ccc(NC(=O)C(C)OC(=O)c2sc3nc(C)cc(C)c3c2-n2cccc2)cc1. The second-order valence-corrected chi connectivity index (χ2v) is 8.40. The van der Waals surface area contributed by atoms with E-state index >= 15 is 0 Å². The molecular formula is C24H23N3O4S. The minimum absolute atomic E-state index is 0.404. The molecule has 0 radical (unpaired) electrons. The highest BCUT2D eigenvalue weighted by Crippen LogP contribution is 2.36. The molecule has 0 fully saturated rings. The molecule has 164 valence electrons. The normalized spacial score (nSPS) is 11.9. The third kappa shape index (κ3) is 4.22. The Balaban J connectivity index is 1.60. The van der Waals surface area contributed by atoms with Gasteiger partial charge >= 0.3 is 5.97 Å².